The maximum Gasteiger partial charge on any atom is 0.322 e. The SMILES string of the molecule is CCC(CC(=O)O)NC(=O)N(CC)c1ccc(F)cc1. The van der Waals surface area contributed by atoms with E-state index in [1.165, 1.54) is 29.2 Å². The standard InChI is InChI=1S/C14H19FN2O3/c1-3-11(9-13(18)19)16-14(20)17(4-2)12-7-5-10(15)6-8-12/h5-8,11H,3-4,9H2,1-2H3,(H,16,20)(H,18,19). The fourth-order valence-electron chi connectivity index (χ4n) is 1.83. The van der Waals surface area contributed by atoms with Gasteiger partial charge in [0, 0.05) is 18.3 Å². The maximum absolute atomic E-state index is 12.9. The molecule has 0 fully saturated rings. The lowest BCUT2D eigenvalue weighted by Gasteiger charge is -2.24. The first-order chi connectivity index (χ1) is 9.47. The highest BCUT2D eigenvalue weighted by Gasteiger charge is 2.19. The first kappa shape index (κ1) is 15.9. The number of carbonyl (C=O) groups excluding carboxylic acids is 1. The highest BCUT2D eigenvalue weighted by atomic mass is 19.1. The van der Waals surface area contributed by atoms with E-state index in [0.29, 0.717) is 18.7 Å². The largest absolute Gasteiger partial charge is 0.481 e. The summed E-state index contributed by atoms with van der Waals surface area (Å²) in [5, 5.41) is 11.4. The highest BCUT2D eigenvalue weighted by Crippen LogP contribution is 2.15. The monoisotopic (exact) mass is 282 g/mol. The number of halogens is 1. The Kier molecular flexibility index (Phi) is 5.96. The third-order valence-corrected chi connectivity index (χ3v) is 2.94. The average Bonchev–Trinajstić information content (AvgIpc) is 2.40. The van der Waals surface area contributed by atoms with Gasteiger partial charge in [-0.25, -0.2) is 9.18 Å². The number of aliphatic carboxylic acids is 1. The van der Waals surface area contributed by atoms with Gasteiger partial charge in [-0.15, -0.1) is 0 Å². The third kappa shape index (κ3) is 4.53. The predicted molar refractivity (Wildman–Crippen MR) is 74.3 cm³/mol. The van der Waals surface area contributed by atoms with Crippen LogP contribution in [-0.2, 0) is 4.79 Å². The number of urea groups is 1. The number of benzene rings is 1. The van der Waals surface area contributed by atoms with Gasteiger partial charge in [0.15, 0.2) is 0 Å². The first-order valence-corrected chi connectivity index (χ1v) is 6.53. The quantitative estimate of drug-likeness (QED) is 0.842. The van der Waals surface area contributed by atoms with Crippen LogP contribution in [0, 0.1) is 5.82 Å². The molecule has 0 heterocycles. The average molecular weight is 282 g/mol. The van der Waals surface area contributed by atoms with Gasteiger partial charge in [0.05, 0.1) is 6.42 Å². The number of carboxylic acids is 1. The Balaban J connectivity index is 2.76. The Morgan fingerprint density at radius 3 is 2.35 bits per heavy atom. The Morgan fingerprint density at radius 2 is 1.90 bits per heavy atom. The molecule has 1 aromatic rings. The summed E-state index contributed by atoms with van der Waals surface area (Å²) in [5.74, 6) is -1.33. The number of hydrogen-bond acceptors (Lipinski definition) is 2. The van der Waals surface area contributed by atoms with Crippen LogP contribution in [0.15, 0.2) is 24.3 Å². The molecule has 2 amide bonds. The molecule has 5 nitrogen and oxygen atoms in total. The van der Waals surface area contributed by atoms with Gasteiger partial charge in [-0.2, -0.15) is 0 Å². The van der Waals surface area contributed by atoms with Crippen molar-refractivity contribution < 1.29 is 19.1 Å². The first-order valence-electron chi connectivity index (χ1n) is 6.53. The molecule has 0 aliphatic carbocycles. The summed E-state index contributed by atoms with van der Waals surface area (Å²) in [4.78, 5) is 24.3. The van der Waals surface area contributed by atoms with Gasteiger partial charge >= 0.3 is 12.0 Å². The topological polar surface area (TPSA) is 69.6 Å². The van der Waals surface area contributed by atoms with E-state index in [1.54, 1.807) is 6.92 Å². The smallest absolute Gasteiger partial charge is 0.322 e. The zero-order chi connectivity index (χ0) is 15.1. The van der Waals surface area contributed by atoms with E-state index in [2.05, 4.69) is 5.32 Å². The van der Waals surface area contributed by atoms with Crippen LogP contribution in [-0.4, -0.2) is 29.7 Å². The fourth-order valence-corrected chi connectivity index (χ4v) is 1.83. The molecule has 0 aromatic heterocycles. The molecule has 0 radical (unpaired) electrons. The van der Waals surface area contributed by atoms with Crippen LogP contribution < -0.4 is 10.2 Å². The lowest BCUT2D eigenvalue weighted by Crippen LogP contribution is -2.45. The number of carboxylic acid groups (broad SMARTS) is 1. The van der Waals surface area contributed by atoms with E-state index in [1.807, 2.05) is 6.92 Å². The zero-order valence-corrected chi connectivity index (χ0v) is 11.6. The molecule has 0 aliphatic rings. The second-order valence-electron chi connectivity index (χ2n) is 4.37. The molecule has 0 aliphatic heterocycles. The number of anilines is 1. The van der Waals surface area contributed by atoms with Crippen LogP contribution in [0.25, 0.3) is 0 Å². The Labute approximate surface area is 117 Å². The number of hydrogen-bond donors (Lipinski definition) is 2. The van der Waals surface area contributed by atoms with Crippen LogP contribution in [0.2, 0.25) is 0 Å². The van der Waals surface area contributed by atoms with Crippen LogP contribution in [0.1, 0.15) is 26.7 Å². The molecular formula is C14H19FN2O3. The van der Waals surface area contributed by atoms with Crippen molar-refractivity contribution in [3.63, 3.8) is 0 Å². The number of nitrogens with one attached hydrogen (secondary N) is 1. The van der Waals surface area contributed by atoms with Crippen LogP contribution in [0.4, 0.5) is 14.9 Å². The van der Waals surface area contributed by atoms with E-state index in [4.69, 9.17) is 5.11 Å². The summed E-state index contributed by atoms with van der Waals surface area (Å²) in [6.07, 6.45) is 0.405. The molecule has 6 heteroatoms. The number of amides is 2. The van der Waals surface area contributed by atoms with Crippen molar-refractivity contribution in [3.8, 4) is 0 Å². The summed E-state index contributed by atoms with van der Waals surface area (Å²) in [6.45, 7) is 4.00. The molecule has 1 rings (SSSR count). The normalized spacial score (nSPS) is 11.8. The van der Waals surface area contributed by atoms with Gasteiger partial charge in [-0.1, -0.05) is 6.92 Å². The summed E-state index contributed by atoms with van der Waals surface area (Å²) in [7, 11) is 0. The fraction of sp³-hybridized carbons (Fsp3) is 0.429. The molecule has 0 bridgehead atoms. The van der Waals surface area contributed by atoms with E-state index in [9.17, 15) is 14.0 Å². The molecule has 110 valence electrons. The van der Waals surface area contributed by atoms with Crippen molar-refractivity contribution in [2.45, 2.75) is 32.7 Å². The molecule has 1 atom stereocenters. The van der Waals surface area contributed by atoms with E-state index in [-0.39, 0.29) is 18.3 Å². The predicted octanol–water partition coefficient (Wildman–Crippen LogP) is 2.61. The number of nitrogens with zero attached hydrogens (tertiary/aromatic N) is 1. The maximum atomic E-state index is 12.9. The Bertz CT molecular complexity index is 462. The molecule has 1 unspecified atom stereocenters. The summed E-state index contributed by atoms with van der Waals surface area (Å²) < 4.78 is 12.9. The lowest BCUT2D eigenvalue weighted by atomic mass is 10.1. The van der Waals surface area contributed by atoms with Gasteiger partial charge in [0.2, 0.25) is 0 Å². The second-order valence-corrected chi connectivity index (χ2v) is 4.37. The van der Waals surface area contributed by atoms with E-state index >= 15 is 0 Å². The minimum absolute atomic E-state index is 0.122. The van der Waals surface area contributed by atoms with Crippen LogP contribution in [0.5, 0.6) is 0 Å². The highest BCUT2D eigenvalue weighted by molar-refractivity contribution is 5.92. The summed E-state index contributed by atoms with van der Waals surface area (Å²) in [5.41, 5.74) is 0.566. The molecule has 1 aromatic carbocycles. The summed E-state index contributed by atoms with van der Waals surface area (Å²) >= 11 is 0. The zero-order valence-electron chi connectivity index (χ0n) is 11.6. The minimum atomic E-state index is -0.956. The van der Waals surface area contributed by atoms with E-state index < -0.39 is 12.0 Å². The lowest BCUT2D eigenvalue weighted by molar-refractivity contribution is -0.137. The van der Waals surface area contributed by atoms with Crippen LogP contribution >= 0.6 is 0 Å². The van der Waals surface area contributed by atoms with Gasteiger partial charge < -0.3 is 10.4 Å². The molecule has 0 spiro atoms. The number of carbonyl (C=O) groups is 2. The van der Waals surface area contributed by atoms with Crippen molar-refractivity contribution in [3.05, 3.63) is 30.1 Å². The van der Waals surface area contributed by atoms with E-state index in [0.717, 1.165) is 0 Å². The summed E-state index contributed by atoms with van der Waals surface area (Å²) in [6, 6.07) is 4.77. The molecule has 0 saturated carbocycles. The van der Waals surface area contributed by atoms with Gasteiger partial charge in [0.1, 0.15) is 5.82 Å². The Hall–Kier alpha value is -2.11. The van der Waals surface area contributed by atoms with Crippen molar-refractivity contribution in [2.24, 2.45) is 0 Å². The van der Waals surface area contributed by atoms with Gasteiger partial charge in [0.25, 0.3) is 0 Å². The van der Waals surface area contributed by atoms with Crippen molar-refractivity contribution >= 4 is 17.7 Å². The minimum Gasteiger partial charge on any atom is -0.481 e. The Morgan fingerprint density at radius 1 is 1.30 bits per heavy atom. The van der Waals surface area contributed by atoms with Crippen LogP contribution in [0.3, 0.4) is 0 Å². The second kappa shape index (κ2) is 7.47. The molecule has 2 N–H and O–H groups in total. The number of rotatable bonds is 6. The van der Waals surface area contributed by atoms with Crippen molar-refractivity contribution in [2.75, 3.05) is 11.4 Å². The van der Waals surface area contributed by atoms with Gasteiger partial charge in [-0.05, 0) is 37.6 Å². The van der Waals surface area contributed by atoms with Crippen molar-refractivity contribution in [1.29, 1.82) is 0 Å². The third-order valence-electron chi connectivity index (χ3n) is 2.94. The van der Waals surface area contributed by atoms with Gasteiger partial charge in [-0.3, -0.25) is 9.69 Å². The van der Waals surface area contributed by atoms with Crippen molar-refractivity contribution in [1.82, 2.24) is 5.32 Å². The molecule has 0 saturated heterocycles. The molecule has 20 heavy (non-hydrogen) atoms. The molecular weight excluding hydrogens is 263 g/mol.